The fraction of sp³-hybridized carbons (Fsp3) is 0.867. The van der Waals surface area contributed by atoms with E-state index in [1.54, 1.807) is 0 Å². The molecule has 0 spiro atoms. The third-order valence-corrected chi connectivity index (χ3v) is 4.14. The zero-order valence-corrected chi connectivity index (χ0v) is 13.0. The Hall–Kier alpha value is -0.940. The van der Waals surface area contributed by atoms with Gasteiger partial charge in [-0.15, -0.1) is 5.10 Å². The van der Waals surface area contributed by atoms with Gasteiger partial charge in [0.15, 0.2) is 0 Å². The number of nitrogens with two attached hydrogens (primary N) is 1. The third-order valence-electron chi connectivity index (χ3n) is 4.14. The Labute approximate surface area is 122 Å². The lowest BCUT2D eigenvalue weighted by molar-refractivity contribution is 0.177. The number of nitrogens with zero attached hydrogens (tertiary/aromatic N) is 4. The highest BCUT2D eigenvalue weighted by atomic mass is 15.4. The monoisotopic (exact) mass is 279 g/mol. The first-order valence-corrected chi connectivity index (χ1v) is 8.02. The second-order valence-electron chi connectivity index (χ2n) is 6.35. The maximum atomic E-state index is 5.55. The average Bonchev–Trinajstić information content (AvgIpc) is 3.06. The summed E-state index contributed by atoms with van der Waals surface area (Å²) in [5, 5.41) is 8.43. The van der Waals surface area contributed by atoms with Crippen LogP contribution in [0, 0.1) is 5.92 Å². The van der Waals surface area contributed by atoms with Crippen LogP contribution in [0.3, 0.4) is 0 Å². The van der Waals surface area contributed by atoms with Gasteiger partial charge in [-0.3, -0.25) is 9.58 Å². The van der Waals surface area contributed by atoms with E-state index in [1.807, 2.05) is 10.9 Å². The van der Waals surface area contributed by atoms with Crippen molar-refractivity contribution in [1.82, 2.24) is 19.9 Å². The summed E-state index contributed by atoms with van der Waals surface area (Å²) in [4.78, 5) is 2.61. The molecular weight excluding hydrogens is 250 g/mol. The molecule has 2 rings (SSSR count). The maximum absolute atomic E-state index is 5.55. The summed E-state index contributed by atoms with van der Waals surface area (Å²) < 4.78 is 1.85. The van der Waals surface area contributed by atoms with Gasteiger partial charge in [-0.25, -0.2) is 0 Å². The molecule has 1 aliphatic rings. The van der Waals surface area contributed by atoms with Crippen molar-refractivity contribution >= 4 is 0 Å². The van der Waals surface area contributed by atoms with E-state index in [0.29, 0.717) is 6.54 Å². The summed E-state index contributed by atoms with van der Waals surface area (Å²) in [6.45, 7) is 8.06. The number of hydrogen-bond donors (Lipinski definition) is 1. The molecule has 2 N–H and O–H groups in total. The Morgan fingerprint density at radius 1 is 1.40 bits per heavy atom. The molecule has 0 bridgehead atoms. The summed E-state index contributed by atoms with van der Waals surface area (Å²) in [6, 6.07) is 0.744. The number of hydrogen-bond acceptors (Lipinski definition) is 4. The summed E-state index contributed by atoms with van der Waals surface area (Å²) in [7, 11) is 0. The molecule has 0 saturated heterocycles. The molecule has 1 aliphatic carbocycles. The fourth-order valence-corrected chi connectivity index (χ4v) is 2.94. The molecule has 5 heteroatoms. The largest absolute Gasteiger partial charge is 0.329 e. The first-order valence-electron chi connectivity index (χ1n) is 8.02. The van der Waals surface area contributed by atoms with Crippen LogP contribution in [0.2, 0.25) is 0 Å². The van der Waals surface area contributed by atoms with Crippen molar-refractivity contribution in [2.75, 3.05) is 13.1 Å². The van der Waals surface area contributed by atoms with Gasteiger partial charge in [0.25, 0.3) is 0 Å². The van der Waals surface area contributed by atoms with E-state index in [4.69, 9.17) is 5.73 Å². The van der Waals surface area contributed by atoms with E-state index in [1.165, 1.54) is 38.6 Å². The predicted molar refractivity (Wildman–Crippen MR) is 81.2 cm³/mol. The summed E-state index contributed by atoms with van der Waals surface area (Å²) in [6.07, 6.45) is 8.74. The van der Waals surface area contributed by atoms with Crippen molar-refractivity contribution in [2.45, 2.75) is 65.1 Å². The molecule has 1 saturated carbocycles. The fourth-order valence-electron chi connectivity index (χ4n) is 2.94. The van der Waals surface area contributed by atoms with Gasteiger partial charge >= 0.3 is 0 Å². The predicted octanol–water partition coefficient (Wildman–Crippen LogP) is 2.03. The molecule has 114 valence electrons. The second-order valence-corrected chi connectivity index (χ2v) is 6.35. The van der Waals surface area contributed by atoms with Crippen molar-refractivity contribution in [2.24, 2.45) is 11.7 Å². The van der Waals surface area contributed by atoms with E-state index in [-0.39, 0.29) is 0 Å². The minimum Gasteiger partial charge on any atom is -0.329 e. The van der Waals surface area contributed by atoms with Crippen LogP contribution in [0.15, 0.2) is 6.20 Å². The van der Waals surface area contributed by atoms with Gasteiger partial charge in [-0.2, -0.15) is 0 Å². The lowest BCUT2D eigenvalue weighted by atomic mass is 10.1. The minimum atomic E-state index is 0.614. The SMILES string of the molecule is CC(C)CCN(Cc1cn(CCN)nn1)C1CCCC1. The quantitative estimate of drug-likeness (QED) is 0.791. The molecule has 0 amide bonds. The molecular formula is C15H29N5. The van der Waals surface area contributed by atoms with Gasteiger partial charge in [0.05, 0.1) is 12.2 Å². The molecule has 0 unspecified atom stereocenters. The minimum absolute atomic E-state index is 0.614. The second kappa shape index (κ2) is 7.74. The Morgan fingerprint density at radius 2 is 2.15 bits per heavy atom. The third kappa shape index (κ3) is 4.56. The number of rotatable bonds is 8. The Bertz CT molecular complexity index is 381. The molecule has 5 nitrogen and oxygen atoms in total. The van der Waals surface area contributed by atoms with Gasteiger partial charge in [-0.05, 0) is 31.7 Å². The molecule has 0 aromatic carbocycles. The van der Waals surface area contributed by atoms with Crippen LogP contribution in [0.5, 0.6) is 0 Å². The van der Waals surface area contributed by atoms with Crippen LogP contribution < -0.4 is 5.73 Å². The highest BCUT2D eigenvalue weighted by Crippen LogP contribution is 2.25. The van der Waals surface area contributed by atoms with Crippen LogP contribution in [0.4, 0.5) is 0 Å². The Morgan fingerprint density at radius 3 is 2.80 bits per heavy atom. The van der Waals surface area contributed by atoms with Gasteiger partial charge in [0.2, 0.25) is 0 Å². The summed E-state index contributed by atoms with van der Waals surface area (Å²) in [5.74, 6) is 0.756. The standard InChI is InChI=1S/C15H29N5/c1-13(2)7-9-19(15-5-3-4-6-15)11-14-12-20(10-8-16)18-17-14/h12-13,15H,3-11,16H2,1-2H3. The van der Waals surface area contributed by atoms with Crippen molar-refractivity contribution in [3.8, 4) is 0 Å². The van der Waals surface area contributed by atoms with E-state index in [0.717, 1.165) is 30.7 Å². The van der Waals surface area contributed by atoms with Gasteiger partial charge in [-0.1, -0.05) is 31.9 Å². The molecule has 20 heavy (non-hydrogen) atoms. The van der Waals surface area contributed by atoms with Gasteiger partial charge < -0.3 is 5.73 Å². The van der Waals surface area contributed by atoms with Crippen molar-refractivity contribution in [3.05, 3.63) is 11.9 Å². The Balaban J connectivity index is 1.94. The van der Waals surface area contributed by atoms with E-state index in [2.05, 4.69) is 29.1 Å². The topological polar surface area (TPSA) is 60.0 Å². The van der Waals surface area contributed by atoms with E-state index < -0.39 is 0 Å². The first-order chi connectivity index (χ1) is 9.69. The highest BCUT2D eigenvalue weighted by Gasteiger charge is 2.23. The van der Waals surface area contributed by atoms with E-state index >= 15 is 0 Å². The lowest BCUT2D eigenvalue weighted by Gasteiger charge is -2.28. The Kier molecular flexibility index (Phi) is 5.98. The van der Waals surface area contributed by atoms with Gasteiger partial charge in [0, 0.05) is 25.3 Å². The van der Waals surface area contributed by atoms with Crippen molar-refractivity contribution < 1.29 is 0 Å². The van der Waals surface area contributed by atoms with Crippen LogP contribution in [-0.2, 0) is 13.1 Å². The summed E-state index contributed by atoms with van der Waals surface area (Å²) >= 11 is 0. The normalized spacial score (nSPS) is 16.6. The van der Waals surface area contributed by atoms with Crippen molar-refractivity contribution in [1.29, 1.82) is 0 Å². The molecule has 1 aromatic heterocycles. The molecule has 1 fully saturated rings. The van der Waals surface area contributed by atoms with Crippen LogP contribution in [0.1, 0.15) is 51.6 Å². The molecule has 0 radical (unpaired) electrons. The molecule has 0 aliphatic heterocycles. The molecule has 1 heterocycles. The van der Waals surface area contributed by atoms with E-state index in [9.17, 15) is 0 Å². The maximum Gasteiger partial charge on any atom is 0.0967 e. The van der Waals surface area contributed by atoms with Crippen LogP contribution in [0.25, 0.3) is 0 Å². The molecule has 0 atom stereocenters. The summed E-state index contributed by atoms with van der Waals surface area (Å²) in [5.41, 5.74) is 6.63. The van der Waals surface area contributed by atoms with Crippen molar-refractivity contribution in [3.63, 3.8) is 0 Å². The lowest BCUT2D eigenvalue weighted by Crippen LogP contribution is -2.34. The first kappa shape index (κ1) is 15.4. The van der Waals surface area contributed by atoms with Crippen LogP contribution in [-0.4, -0.2) is 39.0 Å². The average molecular weight is 279 g/mol. The van der Waals surface area contributed by atoms with Crippen LogP contribution >= 0.6 is 0 Å². The smallest absolute Gasteiger partial charge is 0.0967 e. The molecule has 1 aromatic rings. The highest BCUT2D eigenvalue weighted by molar-refractivity contribution is 4.94. The zero-order valence-electron chi connectivity index (χ0n) is 13.0. The van der Waals surface area contributed by atoms with Gasteiger partial charge in [0.1, 0.15) is 0 Å². The number of aromatic nitrogens is 3. The zero-order chi connectivity index (χ0) is 14.4.